The van der Waals surface area contributed by atoms with Gasteiger partial charge in [-0.3, -0.25) is 0 Å². The van der Waals surface area contributed by atoms with Gasteiger partial charge in [0.15, 0.2) is 11.6 Å². The highest BCUT2D eigenvalue weighted by Crippen LogP contribution is 2.36. The minimum Gasteiger partial charge on any atom is -0.353 e. The molecule has 4 aromatic rings. The molecule has 4 atom stereocenters. The van der Waals surface area contributed by atoms with Crippen molar-refractivity contribution in [1.29, 1.82) is 0 Å². The Morgan fingerprint density at radius 3 is 1.73 bits per heavy atom. The molecule has 4 aromatic heterocycles. The predicted molar refractivity (Wildman–Crippen MR) is 207 cm³/mol. The van der Waals surface area contributed by atoms with Crippen molar-refractivity contribution in [3.05, 3.63) is 41.6 Å². The predicted octanol–water partition coefficient (Wildman–Crippen LogP) is 6.96. The summed E-state index contributed by atoms with van der Waals surface area (Å²) in [7, 11) is 0. The van der Waals surface area contributed by atoms with Crippen molar-refractivity contribution in [2.75, 3.05) is 45.4 Å². The van der Waals surface area contributed by atoms with Gasteiger partial charge >= 0.3 is 0 Å². The lowest BCUT2D eigenvalue weighted by Gasteiger charge is -2.43. The summed E-state index contributed by atoms with van der Waals surface area (Å²) >= 11 is 6.25. The number of nitrogens with zero attached hydrogens (tertiary/aromatic N) is 10. The van der Waals surface area contributed by atoms with Gasteiger partial charge in [-0.25, -0.2) is 9.97 Å². The molecule has 1 saturated heterocycles. The molecule has 0 amide bonds. The molecule has 14 heteroatoms. The summed E-state index contributed by atoms with van der Waals surface area (Å²) in [5.74, 6) is 6.48. The Kier molecular flexibility index (Phi) is 9.95. The zero-order valence-corrected chi connectivity index (χ0v) is 31.4. The van der Waals surface area contributed by atoms with Crippen LogP contribution in [0.25, 0.3) is 23.0 Å². The van der Waals surface area contributed by atoms with Crippen LogP contribution in [0, 0.1) is 17.8 Å². The number of halogens is 1. The zero-order valence-electron chi connectivity index (χ0n) is 30.6. The normalized spacial score (nSPS) is 20.1. The minimum atomic E-state index is 0.290. The lowest BCUT2D eigenvalue weighted by molar-refractivity contribution is 0.419. The van der Waals surface area contributed by atoms with Gasteiger partial charge in [-0.15, -0.1) is 0 Å². The smallest absolute Gasteiger partial charge is 0.230 e. The van der Waals surface area contributed by atoms with Crippen molar-refractivity contribution in [3.63, 3.8) is 0 Å². The fourth-order valence-corrected chi connectivity index (χ4v) is 7.21. The summed E-state index contributed by atoms with van der Waals surface area (Å²) < 4.78 is 0. The van der Waals surface area contributed by atoms with Crippen LogP contribution in [0.3, 0.4) is 0 Å². The van der Waals surface area contributed by atoms with E-state index in [-0.39, 0.29) is 6.04 Å². The fourth-order valence-electron chi connectivity index (χ4n) is 7.05. The molecule has 4 unspecified atom stereocenters. The van der Waals surface area contributed by atoms with E-state index in [1.807, 2.05) is 18.2 Å². The van der Waals surface area contributed by atoms with Crippen molar-refractivity contribution < 1.29 is 0 Å². The molecule has 13 nitrogen and oxygen atoms in total. The highest BCUT2D eigenvalue weighted by molar-refractivity contribution is 6.29. The molecule has 0 radical (unpaired) electrons. The van der Waals surface area contributed by atoms with Gasteiger partial charge in [-0.2, -0.15) is 29.9 Å². The molecule has 3 aliphatic carbocycles. The number of aromatic nitrogens is 8. The van der Waals surface area contributed by atoms with Gasteiger partial charge in [0, 0.05) is 43.8 Å². The molecule has 0 spiro atoms. The molecule has 5 heterocycles. The van der Waals surface area contributed by atoms with Crippen LogP contribution < -0.4 is 25.8 Å². The standard InChI is InChI=1S/C38H50ClN13/c1-5-51(38-48-34(29-8-6-10-31(39)43-29)47-37(50-38)42-24(4)27-16-17-27)20-18-28-19-21-52(28)32-11-7-9-30(44-32)33-45-35(40-22(2)25-12-13-25)49-36(46-33)41-23(3)26-14-15-26/h6-11,22-28H,5,12-21H2,1-4H3,(H,42,47,48,50)(H2,40,41,45,46,49). The van der Waals surface area contributed by atoms with Crippen LogP contribution in [0.2, 0.25) is 5.15 Å². The van der Waals surface area contributed by atoms with E-state index in [4.69, 9.17) is 46.5 Å². The minimum absolute atomic E-state index is 0.290. The Hall–Kier alpha value is -4.39. The number of pyridine rings is 2. The van der Waals surface area contributed by atoms with Crippen LogP contribution in [-0.4, -0.2) is 83.7 Å². The molecule has 52 heavy (non-hydrogen) atoms. The average molecular weight is 724 g/mol. The maximum absolute atomic E-state index is 6.25. The Morgan fingerprint density at radius 1 is 0.673 bits per heavy atom. The Bertz CT molecular complexity index is 1820. The van der Waals surface area contributed by atoms with Crippen LogP contribution in [0.15, 0.2) is 36.4 Å². The van der Waals surface area contributed by atoms with E-state index >= 15 is 0 Å². The van der Waals surface area contributed by atoms with Crippen LogP contribution >= 0.6 is 11.6 Å². The summed E-state index contributed by atoms with van der Waals surface area (Å²) in [6.07, 6.45) is 9.50. The van der Waals surface area contributed by atoms with Gasteiger partial charge in [-0.05, 0) is 121 Å². The molecule has 4 aliphatic rings. The van der Waals surface area contributed by atoms with Crippen LogP contribution in [0.1, 0.15) is 79.1 Å². The number of hydrogen-bond donors (Lipinski definition) is 3. The Morgan fingerprint density at radius 2 is 1.21 bits per heavy atom. The summed E-state index contributed by atoms with van der Waals surface area (Å²) in [5, 5.41) is 11.0. The van der Waals surface area contributed by atoms with E-state index in [1.165, 1.54) is 38.5 Å². The Labute approximate surface area is 311 Å². The molecule has 3 saturated carbocycles. The average Bonchev–Trinajstić information content (AvgIpc) is 3.97. The summed E-state index contributed by atoms with van der Waals surface area (Å²) in [4.78, 5) is 43.3. The third kappa shape index (κ3) is 8.29. The lowest BCUT2D eigenvalue weighted by atomic mass is 9.99. The molecule has 1 aliphatic heterocycles. The van der Waals surface area contributed by atoms with E-state index in [2.05, 4.69) is 70.6 Å². The SMILES string of the molecule is CCN(CCC1CCN1c1cccc(-c2nc(NC(C)C3CC3)nc(NC(C)C3CC3)n2)n1)c1nc(NC(C)C2CC2)nc(-c2cccc(Cl)n2)n1. The molecule has 0 aromatic carbocycles. The van der Waals surface area contributed by atoms with Crippen molar-refractivity contribution in [3.8, 4) is 23.0 Å². The molecular weight excluding hydrogens is 674 g/mol. The first-order valence-corrected chi connectivity index (χ1v) is 19.6. The summed E-state index contributed by atoms with van der Waals surface area (Å²) in [6.45, 7) is 11.3. The highest BCUT2D eigenvalue weighted by Gasteiger charge is 2.33. The number of hydrogen-bond acceptors (Lipinski definition) is 13. The van der Waals surface area contributed by atoms with Crippen molar-refractivity contribution in [2.45, 2.75) is 103 Å². The quantitative estimate of drug-likeness (QED) is 0.0966. The third-order valence-electron chi connectivity index (χ3n) is 11.1. The van der Waals surface area contributed by atoms with Gasteiger partial charge < -0.3 is 25.8 Å². The molecule has 8 rings (SSSR count). The first kappa shape index (κ1) is 34.7. The zero-order chi connectivity index (χ0) is 35.8. The second-order valence-corrected chi connectivity index (χ2v) is 15.5. The molecular formula is C38H50ClN13. The summed E-state index contributed by atoms with van der Waals surface area (Å²) in [6, 6.07) is 12.9. The van der Waals surface area contributed by atoms with Crippen molar-refractivity contribution >= 4 is 41.2 Å². The van der Waals surface area contributed by atoms with E-state index in [0.717, 1.165) is 44.0 Å². The molecule has 4 fully saturated rings. The van der Waals surface area contributed by atoms with Crippen LogP contribution in [0.5, 0.6) is 0 Å². The topological polar surface area (TPSA) is 146 Å². The summed E-state index contributed by atoms with van der Waals surface area (Å²) in [5.41, 5.74) is 1.38. The second-order valence-electron chi connectivity index (χ2n) is 15.1. The number of nitrogens with one attached hydrogen (secondary N) is 3. The maximum Gasteiger partial charge on any atom is 0.230 e. The first-order valence-electron chi connectivity index (χ1n) is 19.2. The van der Waals surface area contributed by atoms with Gasteiger partial charge in [-0.1, -0.05) is 23.7 Å². The van der Waals surface area contributed by atoms with Crippen LogP contribution in [-0.2, 0) is 0 Å². The second kappa shape index (κ2) is 14.9. The fraction of sp³-hybridized carbons (Fsp3) is 0.579. The highest BCUT2D eigenvalue weighted by atomic mass is 35.5. The van der Waals surface area contributed by atoms with Crippen LogP contribution in [0.4, 0.5) is 29.6 Å². The maximum atomic E-state index is 6.25. The lowest BCUT2D eigenvalue weighted by Crippen LogP contribution is -2.49. The van der Waals surface area contributed by atoms with E-state index in [0.29, 0.717) is 82.2 Å². The monoisotopic (exact) mass is 723 g/mol. The molecule has 3 N–H and O–H groups in total. The third-order valence-corrected chi connectivity index (χ3v) is 11.3. The number of anilines is 5. The Balaban J connectivity index is 0.984. The first-order chi connectivity index (χ1) is 25.3. The van der Waals surface area contributed by atoms with Gasteiger partial charge in [0.2, 0.25) is 23.8 Å². The molecule has 274 valence electrons. The number of rotatable bonds is 17. The van der Waals surface area contributed by atoms with E-state index in [9.17, 15) is 0 Å². The van der Waals surface area contributed by atoms with E-state index < -0.39 is 0 Å². The van der Waals surface area contributed by atoms with Crippen molar-refractivity contribution in [2.24, 2.45) is 17.8 Å². The van der Waals surface area contributed by atoms with Gasteiger partial charge in [0.05, 0.1) is 0 Å². The van der Waals surface area contributed by atoms with Gasteiger partial charge in [0.1, 0.15) is 22.4 Å². The van der Waals surface area contributed by atoms with Gasteiger partial charge in [0.25, 0.3) is 0 Å². The largest absolute Gasteiger partial charge is 0.353 e. The van der Waals surface area contributed by atoms with E-state index in [1.54, 1.807) is 6.07 Å². The molecule has 0 bridgehead atoms. The van der Waals surface area contributed by atoms with Crippen molar-refractivity contribution in [1.82, 2.24) is 39.9 Å².